The highest BCUT2D eigenvalue weighted by atomic mass is 16.5. The number of benzene rings is 2. The standard InChI is InChI=1S/C24H28N2O4/c1-17-10-11-24(26(17)18(2)27,15-19-8-6-5-7-9-19)23(28)25-16-20-12-21(29-3)14-22(13-20)30-4/h5-14,17H,15-16H2,1-4H3,(H,25,28)/t17-,24+/m1/s1. The number of hydrogen-bond donors (Lipinski definition) is 1. The number of nitrogens with one attached hydrogen (secondary N) is 1. The van der Waals surface area contributed by atoms with Gasteiger partial charge in [-0.3, -0.25) is 9.59 Å². The average molecular weight is 408 g/mol. The van der Waals surface area contributed by atoms with Gasteiger partial charge in [0.25, 0.3) is 5.91 Å². The van der Waals surface area contributed by atoms with Crippen LogP contribution in [0.3, 0.4) is 0 Å². The van der Waals surface area contributed by atoms with E-state index in [1.54, 1.807) is 25.2 Å². The van der Waals surface area contributed by atoms with Crippen molar-refractivity contribution in [3.05, 3.63) is 71.8 Å². The molecule has 30 heavy (non-hydrogen) atoms. The van der Waals surface area contributed by atoms with Gasteiger partial charge in [0.05, 0.1) is 14.2 Å². The minimum Gasteiger partial charge on any atom is -0.497 e. The summed E-state index contributed by atoms with van der Waals surface area (Å²) in [6.45, 7) is 3.71. The number of carbonyl (C=O) groups is 2. The van der Waals surface area contributed by atoms with Crippen molar-refractivity contribution in [1.82, 2.24) is 10.2 Å². The molecule has 0 bridgehead atoms. The molecule has 2 aromatic carbocycles. The lowest BCUT2D eigenvalue weighted by Gasteiger charge is -2.38. The molecule has 1 heterocycles. The van der Waals surface area contributed by atoms with Crippen LogP contribution in [-0.4, -0.2) is 42.5 Å². The van der Waals surface area contributed by atoms with E-state index in [2.05, 4.69) is 5.32 Å². The highest BCUT2D eigenvalue weighted by Gasteiger charge is 2.48. The van der Waals surface area contributed by atoms with Crippen LogP contribution in [0.2, 0.25) is 0 Å². The van der Waals surface area contributed by atoms with Crippen LogP contribution in [0.15, 0.2) is 60.7 Å². The maximum Gasteiger partial charge on any atom is 0.250 e. The lowest BCUT2D eigenvalue weighted by atomic mass is 9.89. The normalized spacial score (nSPS) is 20.1. The van der Waals surface area contributed by atoms with E-state index in [9.17, 15) is 9.59 Å². The van der Waals surface area contributed by atoms with E-state index in [4.69, 9.17) is 9.47 Å². The van der Waals surface area contributed by atoms with Crippen LogP contribution in [0.5, 0.6) is 11.5 Å². The Balaban J connectivity index is 1.88. The van der Waals surface area contributed by atoms with E-state index in [0.717, 1.165) is 11.1 Å². The van der Waals surface area contributed by atoms with Crippen molar-refractivity contribution in [3.63, 3.8) is 0 Å². The molecule has 0 saturated carbocycles. The molecule has 0 aliphatic carbocycles. The van der Waals surface area contributed by atoms with Gasteiger partial charge in [-0.25, -0.2) is 0 Å². The molecule has 6 heteroatoms. The predicted octanol–water partition coefficient (Wildman–Crippen LogP) is 3.11. The summed E-state index contributed by atoms with van der Waals surface area (Å²) >= 11 is 0. The van der Waals surface area contributed by atoms with Gasteiger partial charge in [-0.1, -0.05) is 42.5 Å². The molecule has 6 nitrogen and oxygen atoms in total. The van der Waals surface area contributed by atoms with Crippen LogP contribution in [-0.2, 0) is 22.6 Å². The number of ether oxygens (including phenoxy) is 2. The number of nitrogens with zero attached hydrogens (tertiary/aromatic N) is 1. The Morgan fingerprint density at radius 1 is 1.03 bits per heavy atom. The van der Waals surface area contributed by atoms with Crippen molar-refractivity contribution < 1.29 is 19.1 Å². The number of carbonyl (C=O) groups excluding carboxylic acids is 2. The van der Waals surface area contributed by atoms with E-state index in [1.165, 1.54) is 6.92 Å². The van der Waals surface area contributed by atoms with Crippen LogP contribution in [0.1, 0.15) is 25.0 Å². The smallest absolute Gasteiger partial charge is 0.250 e. The Morgan fingerprint density at radius 3 is 2.23 bits per heavy atom. The Hall–Kier alpha value is -3.28. The van der Waals surface area contributed by atoms with E-state index >= 15 is 0 Å². The first-order valence-corrected chi connectivity index (χ1v) is 9.93. The van der Waals surface area contributed by atoms with Gasteiger partial charge in [-0.15, -0.1) is 0 Å². The highest BCUT2D eigenvalue weighted by Crippen LogP contribution is 2.32. The second kappa shape index (κ2) is 9.03. The first-order valence-electron chi connectivity index (χ1n) is 9.93. The predicted molar refractivity (Wildman–Crippen MR) is 115 cm³/mol. The van der Waals surface area contributed by atoms with Gasteiger partial charge >= 0.3 is 0 Å². The summed E-state index contributed by atoms with van der Waals surface area (Å²) < 4.78 is 10.6. The van der Waals surface area contributed by atoms with Gasteiger partial charge in [0, 0.05) is 32.0 Å². The summed E-state index contributed by atoms with van der Waals surface area (Å²) in [5.74, 6) is 0.945. The Labute approximate surface area is 177 Å². The van der Waals surface area contributed by atoms with Crippen molar-refractivity contribution >= 4 is 11.8 Å². The fraction of sp³-hybridized carbons (Fsp3) is 0.333. The summed E-state index contributed by atoms with van der Waals surface area (Å²) in [6, 6.07) is 15.1. The molecule has 0 saturated heterocycles. The molecule has 1 aliphatic rings. The quantitative estimate of drug-likeness (QED) is 0.715. The number of rotatable bonds is 7. The van der Waals surface area contributed by atoms with Crippen molar-refractivity contribution in [2.75, 3.05) is 14.2 Å². The molecule has 2 amide bonds. The molecule has 0 spiro atoms. The molecule has 2 aromatic rings. The van der Waals surface area contributed by atoms with Crippen LogP contribution >= 0.6 is 0 Å². The first-order chi connectivity index (χ1) is 14.4. The maximum absolute atomic E-state index is 13.5. The highest BCUT2D eigenvalue weighted by molar-refractivity contribution is 5.94. The lowest BCUT2D eigenvalue weighted by molar-refractivity contribution is -0.144. The van der Waals surface area contributed by atoms with Crippen LogP contribution in [0.4, 0.5) is 0 Å². The lowest BCUT2D eigenvalue weighted by Crippen LogP contribution is -2.60. The second-order valence-corrected chi connectivity index (χ2v) is 7.48. The fourth-order valence-corrected chi connectivity index (χ4v) is 4.02. The van der Waals surface area contributed by atoms with E-state index < -0.39 is 5.54 Å². The van der Waals surface area contributed by atoms with Crippen LogP contribution in [0, 0.1) is 0 Å². The molecule has 2 atom stereocenters. The van der Waals surface area contributed by atoms with Gasteiger partial charge in [0.1, 0.15) is 17.0 Å². The van der Waals surface area contributed by atoms with Gasteiger partial charge in [-0.05, 0) is 30.2 Å². The minimum absolute atomic E-state index is 0.137. The molecule has 0 fully saturated rings. The molecule has 1 N–H and O–H groups in total. The van der Waals surface area contributed by atoms with Gasteiger partial charge in [-0.2, -0.15) is 0 Å². The van der Waals surface area contributed by atoms with Gasteiger partial charge in [0.2, 0.25) is 5.91 Å². The molecule has 1 aliphatic heterocycles. The van der Waals surface area contributed by atoms with Crippen molar-refractivity contribution in [3.8, 4) is 11.5 Å². The largest absolute Gasteiger partial charge is 0.497 e. The van der Waals surface area contributed by atoms with Crippen molar-refractivity contribution in [2.45, 2.75) is 38.4 Å². The molecule has 3 rings (SSSR count). The van der Waals surface area contributed by atoms with E-state index in [1.807, 2.05) is 61.5 Å². The Morgan fingerprint density at radius 2 is 1.67 bits per heavy atom. The summed E-state index contributed by atoms with van der Waals surface area (Å²) in [5, 5.41) is 3.01. The van der Waals surface area contributed by atoms with E-state index in [0.29, 0.717) is 17.9 Å². The molecule has 158 valence electrons. The number of methoxy groups -OCH3 is 2. The monoisotopic (exact) mass is 408 g/mol. The number of hydrogen-bond acceptors (Lipinski definition) is 4. The molecular formula is C24H28N2O4. The molecule has 0 radical (unpaired) electrons. The summed E-state index contributed by atoms with van der Waals surface area (Å²) in [5.41, 5.74) is 0.759. The van der Waals surface area contributed by atoms with Crippen LogP contribution in [0.25, 0.3) is 0 Å². The molecular weight excluding hydrogens is 380 g/mol. The van der Waals surface area contributed by atoms with Crippen LogP contribution < -0.4 is 14.8 Å². The summed E-state index contributed by atoms with van der Waals surface area (Å²) in [7, 11) is 3.17. The Bertz CT molecular complexity index is 919. The fourth-order valence-electron chi connectivity index (χ4n) is 4.02. The molecule has 0 aromatic heterocycles. The topological polar surface area (TPSA) is 67.9 Å². The molecule has 0 unspecified atom stereocenters. The maximum atomic E-state index is 13.5. The minimum atomic E-state index is -1.07. The van der Waals surface area contributed by atoms with E-state index in [-0.39, 0.29) is 24.4 Å². The van der Waals surface area contributed by atoms with Crippen molar-refractivity contribution in [1.29, 1.82) is 0 Å². The third-order valence-corrected chi connectivity index (χ3v) is 5.40. The van der Waals surface area contributed by atoms with Gasteiger partial charge < -0.3 is 19.7 Å². The Kier molecular flexibility index (Phi) is 6.45. The zero-order chi connectivity index (χ0) is 21.7. The van der Waals surface area contributed by atoms with Crippen molar-refractivity contribution in [2.24, 2.45) is 0 Å². The summed E-state index contributed by atoms with van der Waals surface area (Å²) in [6.07, 6.45) is 4.17. The number of amides is 2. The third kappa shape index (κ3) is 4.32. The SMILES string of the molecule is COc1cc(CNC(=O)[C@@]2(Cc3ccccc3)C=C[C@@H](C)N2C(C)=O)cc(OC)c1. The zero-order valence-corrected chi connectivity index (χ0v) is 17.8. The zero-order valence-electron chi connectivity index (χ0n) is 17.8. The summed E-state index contributed by atoms with van der Waals surface area (Å²) in [4.78, 5) is 27.6. The average Bonchev–Trinajstić information content (AvgIpc) is 3.09. The third-order valence-electron chi connectivity index (χ3n) is 5.40. The first kappa shape index (κ1) is 21.4. The van der Waals surface area contributed by atoms with Gasteiger partial charge in [0.15, 0.2) is 0 Å². The second-order valence-electron chi connectivity index (χ2n) is 7.48.